The van der Waals surface area contributed by atoms with Gasteiger partial charge in [-0.25, -0.2) is 4.79 Å². The Balaban J connectivity index is 1.75. The summed E-state index contributed by atoms with van der Waals surface area (Å²) in [4.78, 5) is 11.5. The normalized spacial score (nSPS) is 21.9. The lowest BCUT2D eigenvalue weighted by molar-refractivity contribution is 0.0524. The highest BCUT2D eigenvalue weighted by molar-refractivity contribution is 9.10. The number of carbonyl (C=O) groups is 1. The Morgan fingerprint density at radius 3 is 2.58 bits per heavy atom. The van der Waals surface area contributed by atoms with E-state index in [0.717, 1.165) is 10.0 Å². The minimum Gasteiger partial charge on any atom is -0.444 e. The van der Waals surface area contributed by atoms with Crippen molar-refractivity contribution >= 4 is 22.0 Å². The van der Waals surface area contributed by atoms with Gasteiger partial charge in [-0.2, -0.15) is 0 Å². The molecule has 2 rings (SSSR count). The average molecular weight is 328 g/mol. The maximum atomic E-state index is 11.5. The fraction of sp³-hybridized carbons (Fsp3) is 0.500. The highest BCUT2D eigenvalue weighted by atomic mass is 79.9. The highest BCUT2D eigenvalue weighted by Crippen LogP contribution is 2.38. The number of ether oxygens (including phenoxy) is 2. The van der Waals surface area contributed by atoms with Crippen molar-refractivity contribution in [1.29, 1.82) is 0 Å². The third-order valence-electron chi connectivity index (χ3n) is 2.63. The zero-order chi connectivity index (χ0) is 14.0. The molecule has 0 aromatic heterocycles. The largest absolute Gasteiger partial charge is 0.444 e. The van der Waals surface area contributed by atoms with E-state index in [-0.39, 0.29) is 12.2 Å². The van der Waals surface area contributed by atoms with Crippen LogP contribution in [0.3, 0.4) is 0 Å². The SMILES string of the molecule is CC(C)(C)OC(=O)NCC1OC1c1ccc(Br)cc1. The quantitative estimate of drug-likeness (QED) is 0.865. The van der Waals surface area contributed by atoms with Crippen molar-refractivity contribution in [3.05, 3.63) is 34.3 Å². The predicted molar refractivity (Wildman–Crippen MR) is 76.0 cm³/mol. The molecule has 1 aromatic carbocycles. The summed E-state index contributed by atoms with van der Waals surface area (Å²) in [6.45, 7) is 5.98. The molecule has 2 atom stereocenters. The molecule has 0 bridgehead atoms. The molecule has 4 nitrogen and oxygen atoms in total. The summed E-state index contributed by atoms with van der Waals surface area (Å²) in [6.07, 6.45) is -0.297. The topological polar surface area (TPSA) is 50.9 Å². The fourth-order valence-corrected chi connectivity index (χ4v) is 2.01. The van der Waals surface area contributed by atoms with E-state index in [0.29, 0.717) is 6.54 Å². The van der Waals surface area contributed by atoms with E-state index in [1.165, 1.54) is 0 Å². The Labute approximate surface area is 121 Å². The molecule has 1 aliphatic rings. The van der Waals surface area contributed by atoms with E-state index in [9.17, 15) is 4.79 Å². The van der Waals surface area contributed by atoms with Gasteiger partial charge in [-0.15, -0.1) is 0 Å². The number of hydrogen-bond donors (Lipinski definition) is 1. The van der Waals surface area contributed by atoms with Crippen molar-refractivity contribution in [2.75, 3.05) is 6.54 Å². The molecule has 0 aliphatic carbocycles. The predicted octanol–water partition coefficient (Wildman–Crippen LogP) is 3.41. The number of carbonyl (C=O) groups excluding carboxylic acids is 1. The van der Waals surface area contributed by atoms with Gasteiger partial charge in [0.15, 0.2) is 0 Å². The smallest absolute Gasteiger partial charge is 0.407 e. The summed E-state index contributed by atoms with van der Waals surface area (Å²) in [5.41, 5.74) is 0.652. The fourth-order valence-electron chi connectivity index (χ4n) is 1.74. The molecule has 2 unspecified atom stereocenters. The third-order valence-corrected chi connectivity index (χ3v) is 3.16. The van der Waals surface area contributed by atoms with Crippen LogP contribution in [0.1, 0.15) is 32.4 Å². The van der Waals surface area contributed by atoms with Crippen LogP contribution in [-0.2, 0) is 9.47 Å². The molecule has 1 amide bonds. The van der Waals surface area contributed by atoms with Crippen LogP contribution in [0.5, 0.6) is 0 Å². The first kappa shape index (κ1) is 14.3. The van der Waals surface area contributed by atoms with Crippen molar-refractivity contribution in [3.63, 3.8) is 0 Å². The van der Waals surface area contributed by atoms with Crippen LogP contribution in [-0.4, -0.2) is 24.3 Å². The monoisotopic (exact) mass is 327 g/mol. The Hall–Kier alpha value is -1.07. The van der Waals surface area contributed by atoms with Gasteiger partial charge < -0.3 is 14.8 Å². The van der Waals surface area contributed by atoms with Gasteiger partial charge in [-0.05, 0) is 38.5 Å². The molecular weight excluding hydrogens is 310 g/mol. The number of alkyl carbamates (subject to hydrolysis) is 1. The Bertz CT molecular complexity index is 453. The molecular formula is C14H18BrNO3. The Kier molecular flexibility index (Phi) is 4.16. The molecule has 5 heteroatoms. The van der Waals surface area contributed by atoms with Crippen molar-refractivity contribution in [2.24, 2.45) is 0 Å². The van der Waals surface area contributed by atoms with Crippen LogP contribution >= 0.6 is 15.9 Å². The minimum atomic E-state index is -0.473. The summed E-state index contributed by atoms with van der Waals surface area (Å²) in [5, 5.41) is 2.72. The van der Waals surface area contributed by atoms with Crippen LogP contribution in [0.25, 0.3) is 0 Å². The van der Waals surface area contributed by atoms with Crippen LogP contribution < -0.4 is 5.32 Å². The van der Waals surface area contributed by atoms with E-state index in [2.05, 4.69) is 21.2 Å². The van der Waals surface area contributed by atoms with E-state index in [1.807, 2.05) is 45.0 Å². The number of rotatable bonds is 3. The van der Waals surface area contributed by atoms with Crippen LogP contribution in [0.15, 0.2) is 28.7 Å². The second kappa shape index (κ2) is 5.51. The van der Waals surface area contributed by atoms with Crippen molar-refractivity contribution < 1.29 is 14.3 Å². The Morgan fingerprint density at radius 2 is 2.00 bits per heavy atom. The molecule has 1 aliphatic heterocycles. The number of benzene rings is 1. The summed E-state index contributed by atoms with van der Waals surface area (Å²) in [5.74, 6) is 0. The lowest BCUT2D eigenvalue weighted by Crippen LogP contribution is -2.34. The molecule has 1 aromatic rings. The van der Waals surface area contributed by atoms with Gasteiger partial charge in [0.05, 0.1) is 6.54 Å². The Morgan fingerprint density at radius 1 is 1.37 bits per heavy atom. The summed E-state index contributed by atoms with van der Waals surface area (Å²) < 4.78 is 11.7. The van der Waals surface area contributed by atoms with Crippen LogP contribution in [0, 0.1) is 0 Å². The zero-order valence-electron chi connectivity index (χ0n) is 11.3. The molecule has 0 spiro atoms. The van der Waals surface area contributed by atoms with Gasteiger partial charge >= 0.3 is 6.09 Å². The molecule has 0 saturated carbocycles. The zero-order valence-corrected chi connectivity index (χ0v) is 12.9. The number of epoxide rings is 1. The third kappa shape index (κ3) is 4.51. The molecule has 104 valence electrons. The first-order valence-corrected chi connectivity index (χ1v) is 7.02. The van der Waals surface area contributed by atoms with Crippen molar-refractivity contribution in [3.8, 4) is 0 Å². The number of nitrogens with one attached hydrogen (secondary N) is 1. The van der Waals surface area contributed by atoms with Gasteiger partial charge in [0.1, 0.15) is 17.8 Å². The first-order chi connectivity index (χ1) is 8.85. The second-order valence-electron chi connectivity index (χ2n) is 5.53. The standard InChI is InChI=1S/C14H18BrNO3/c1-14(2,3)19-13(17)16-8-11-12(18-11)9-4-6-10(15)7-5-9/h4-7,11-12H,8H2,1-3H3,(H,16,17). The van der Waals surface area contributed by atoms with Gasteiger partial charge in [0, 0.05) is 4.47 Å². The number of halogens is 1. The highest BCUT2D eigenvalue weighted by Gasteiger charge is 2.40. The molecule has 1 heterocycles. The molecule has 0 radical (unpaired) electrons. The lowest BCUT2D eigenvalue weighted by atomic mass is 10.1. The van der Waals surface area contributed by atoms with E-state index >= 15 is 0 Å². The molecule has 1 N–H and O–H groups in total. The van der Waals surface area contributed by atoms with Crippen molar-refractivity contribution in [1.82, 2.24) is 5.32 Å². The van der Waals surface area contributed by atoms with E-state index in [4.69, 9.17) is 9.47 Å². The van der Waals surface area contributed by atoms with Crippen LogP contribution in [0.4, 0.5) is 4.79 Å². The van der Waals surface area contributed by atoms with E-state index in [1.54, 1.807) is 0 Å². The molecule has 1 fully saturated rings. The summed E-state index contributed by atoms with van der Waals surface area (Å²) in [6, 6.07) is 8.00. The minimum absolute atomic E-state index is 0.0358. The van der Waals surface area contributed by atoms with Gasteiger partial charge in [-0.1, -0.05) is 28.1 Å². The van der Waals surface area contributed by atoms with Crippen molar-refractivity contribution in [2.45, 2.75) is 38.6 Å². The molecule has 19 heavy (non-hydrogen) atoms. The van der Waals surface area contributed by atoms with Gasteiger partial charge in [0.2, 0.25) is 0 Å². The van der Waals surface area contributed by atoms with E-state index < -0.39 is 11.7 Å². The first-order valence-electron chi connectivity index (χ1n) is 6.23. The van der Waals surface area contributed by atoms with Gasteiger partial charge in [0.25, 0.3) is 0 Å². The average Bonchev–Trinajstić information content (AvgIpc) is 3.04. The second-order valence-corrected chi connectivity index (χ2v) is 6.45. The maximum absolute atomic E-state index is 11.5. The number of hydrogen-bond acceptors (Lipinski definition) is 3. The van der Waals surface area contributed by atoms with Gasteiger partial charge in [-0.3, -0.25) is 0 Å². The maximum Gasteiger partial charge on any atom is 0.407 e. The lowest BCUT2D eigenvalue weighted by Gasteiger charge is -2.19. The van der Waals surface area contributed by atoms with Crippen LogP contribution in [0.2, 0.25) is 0 Å². The summed E-state index contributed by atoms with van der Waals surface area (Å²) >= 11 is 3.39. The summed E-state index contributed by atoms with van der Waals surface area (Å²) in [7, 11) is 0. The number of amides is 1. The molecule has 1 saturated heterocycles.